The van der Waals surface area contributed by atoms with Gasteiger partial charge in [-0.25, -0.2) is 0 Å². The third kappa shape index (κ3) is 3.26. The fraction of sp³-hybridized carbons (Fsp3) is 0.611. The summed E-state index contributed by atoms with van der Waals surface area (Å²) in [6.45, 7) is 5.30. The molecule has 3 heteroatoms. The zero-order chi connectivity index (χ0) is 15.0. The molecular weight excluding hydrogens is 284 g/mol. The van der Waals surface area contributed by atoms with Gasteiger partial charge < -0.3 is 4.74 Å². The molecule has 0 unspecified atom stereocenters. The van der Waals surface area contributed by atoms with Crippen LogP contribution in [-0.4, -0.2) is 12.4 Å². The molecule has 1 aromatic carbocycles. The average molecular weight is 307 g/mol. The summed E-state index contributed by atoms with van der Waals surface area (Å²) in [6.07, 6.45) is 5.70. The van der Waals surface area contributed by atoms with E-state index in [1.807, 2.05) is 12.1 Å². The Kier molecular flexibility index (Phi) is 4.00. The molecule has 0 spiro atoms. The molecule has 114 valence electrons. The highest BCUT2D eigenvalue weighted by Crippen LogP contribution is 2.39. The number of ether oxygens (including phenoxy) is 1. The van der Waals surface area contributed by atoms with Crippen molar-refractivity contribution in [3.63, 3.8) is 0 Å². The first-order valence-corrected chi connectivity index (χ1v) is 8.29. The van der Waals surface area contributed by atoms with E-state index in [-0.39, 0.29) is 5.92 Å². The Hall–Kier alpha value is -1.02. The Morgan fingerprint density at radius 1 is 1.33 bits per heavy atom. The van der Waals surface area contributed by atoms with E-state index in [4.69, 9.17) is 16.3 Å². The van der Waals surface area contributed by atoms with Crippen LogP contribution >= 0.6 is 11.6 Å². The predicted molar refractivity (Wildman–Crippen MR) is 85.1 cm³/mol. The summed E-state index contributed by atoms with van der Waals surface area (Å²) in [5.74, 6) is 1.48. The number of rotatable bonds is 3. The molecule has 0 amide bonds. The number of carbonyl (C=O) groups excluding carboxylic acids is 1. The Labute approximate surface area is 131 Å². The van der Waals surface area contributed by atoms with E-state index < -0.39 is 0 Å². The first-order valence-electron chi connectivity index (χ1n) is 7.91. The van der Waals surface area contributed by atoms with Crippen LogP contribution in [0, 0.1) is 11.3 Å². The molecule has 0 N–H and O–H groups in total. The van der Waals surface area contributed by atoms with Crippen LogP contribution in [0.5, 0.6) is 5.75 Å². The second-order valence-electron chi connectivity index (χ2n) is 7.23. The van der Waals surface area contributed by atoms with Crippen LogP contribution in [0.4, 0.5) is 0 Å². The molecular formula is C18H23ClO2. The van der Waals surface area contributed by atoms with Gasteiger partial charge in [0.15, 0.2) is 0 Å². The van der Waals surface area contributed by atoms with Crippen molar-refractivity contribution in [3.8, 4) is 5.75 Å². The average Bonchev–Trinajstić information content (AvgIpc) is 2.86. The van der Waals surface area contributed by atoms with Crippen molar-refractivity contribution in [2.75, 3.05) is 6.61 Å². The number of ketones is 1. The first-order chi connectivity index (χ1) is 9.94. The molecule has 0 radical (unpaired) electrons. The van der Waals surface area contributed by atoms with Crippen LogP contribution in [0.25, 0.3) is 0 Å². The van der Waals surface area contributed by atoms with Crippen LogP contribution < -0.4 is 4.74 Å². The molecule has 2 nitrogen and oxygen atoms in total. The molecule has 0 bridgehead atoms. The molecule has 1 saturated carbocycles. The molecule has 0 saturated heterocycles. The second-order valence-corrected chi connectivity index (χ2v) is 7.67. The van der Waals surface area contributed by atoms with Crippen LogP contribution in [0.1, 0.15) is 50.7 Å². The summed E-state index contributed by atoms with van der Waals surface area (Å²) >= 11 is 6.17. The van der Waals surface area contributed by atoms with Gasteiger partial charge in [0, 0.05) is 29.3 Å². The zero-order valence-electron chi connectivity index (χ0n) is 12.9. The Morgan fingerprint density at radius 3 is 2.76 bits per heavy atom. The van der Waals surface area contributed by atoms with E-state index >= 15 is 0 Å². The van der Waals surface area contributed by atoms with Crippen LogP contribution in [-0.2, 0) is 17.6 Å². The lowest BCUT2D eigenvalue weighted by Crippen LogP contribution is -2.27. The second kappa shape index (κ2) is 5.64. The zero-order valence-corrected chi connectivity index (χ0v) is 13.6. The van der Waals surface area contributed by atoms with Gasteiger partial charge in [0.1, 0.15) is 11.5 Å². The molecule has 1 aromatic rings. The predicted octanol–water partition coefficient (Wildman–Crippen LogP) is 4.60. The summed E-state index contributed by atoms with van der Waals surface area (Å²) in [7, 11) is 0. The summed E-state index contributed by atoms with van der Waals surface area (Å²) in [5, 5.41) is 0.715. The molecule has 3 rings (SSSR count). The highest BCUT2D eigenvalue weighted by Gasteiger charge is 2.31. The molecule has 0 atom stereocenters. The summed E-state index contributed by atoms with van der Waals surface area (Å²) in [4.78, 5) is 12.6. The van der Waals surface area contributed by atoms with Gasteiger partial charge in [-0.05, 0) is 48.8 Å². The standard InChI is InChI=1S/C18H23ClO2/c1-18(2)6-3-12(4-7-18)16(20)11-14-10-15(19)9-13-5-8-21-17(13)14/h9-10,12H,3-8,11H2,1-2H3. The highest BCUT2D eigenvalue weighted by atomic mass is 35.5. The van der Waals surface area contributed by atoms with Gasteiger partial charge in [-0.3, -0.25) is 4.79 Å². The fourth-order valence-electron chi connectivity index (χ4n) is 3.53. The van der Waals surface area contributed by atoms with E-state index in [0.717, 1.165) is 49.0 Å². The molecule has 21 heavy (non-hydrogen) atoms. The lowest BCUT2D eigenvalue weighted by molar-refractivity contribution is -0.123. The number of hydrogen-bond donors (Lipinski definition) is 0. The lowest BCUT2D eigenvalue weighted by Gasteiger charge is -2.33. The molecule has 2 aliphatic rings. The molecule has 1 heterocycles. The third-order valence-electron chi connectivity index (χ3n) is 4.98. The van der Waals surface area contributed by atoms with Crippen LogP contribution in [0.2, 0.25) is 5.02 Å². The first kappa shape index (κ1) is 14.9. The van der Waals surface area contributed by atoms with E-state index in [9.17, 15) is 4.79 Å². The monoisotopic (exact) mass is 306 g/mol. The van der Waals surface area contributed by atoms with Crippen LogP contribution in [0.15, 0.2) is 12.1 Å². The molecule has 1 aliphatic heterocycles. The van der Waals surface area contributed by atoms with Gasteiger partial charge in [-0.1, -0.05) is 25.4 Å². The van der Waals surface area contributed by atoms with E-state index in [1.165, 1.54) is 0 Å². The molecule has 0 aromatic heterocycles. The topological polar surface area (TPSA) is 26.3 Å². The maximum absolute atomic E-state index is 12.6. The smallest absolute Gasteiger partial charge is 0.140 e. The molecule has 1 aliphatic carbocycles. The van der Waals surface area contributed by atoms with Gasteiger partial charge in [0.05, 0.1) is 6.61 Å². The van der Waals surface area contributed by atoms with Crippen molar-refractivity contribution in [2.45, 2.75) is 52.4 Å². The van der Waals surface area contributed by atoms with Gasteiger partial charge in [-0.2, -0.15) is 0 Å². The van der Waals surface area contributed by atoms with Crippen molar-refractivity contribution in [2.24, 2.45) is 11.3 Å². The Bertz CT molecular complexity index is 553. The van der Waals surface area contributed by atoms with Crippen molar-refractivity contribution in [1.82, 2.24) is 0 Å². The summed E-state index contributed by atoms with van der Waals surface area (Å²) in [5.41, 5.74) is 2.52. The van der Waals surface area contributed by atoms with Crippen molar-refractivity contribution >= 4 is 17.4 Å². The maximum Gasteiger partial charge on any atom is 0.140 e. The number of carbonyl (C=O) groups is 1. The lowest BCUT2D eigenvalue weighted by atomic mass is 9.71. The molecule has 1 fully saturated rings. The normalized spacial score (nSPS) is 20.9. The van der Waals surface area contributed by atoms with Crippen molar-refractivity contribution in [1.29, 1.82) is 0 Å². The van der Waals surface area contributed by atoms with Gasteiger partial charge in [0.25, 0.3) is 0 Å². The highest BCUT2D eigenvalue weighted by molar-refractivity contribution is 6.30. The van der Waals surface area contributed by atoms with Crippen molar-refractivity contribution in [3.05, 3.63) is 28.3 Å². The number of fused-ring (bicyclic) bond motifs is 1. The number of hydrogen-bond acceptors (Lipinski definition) is 2. The third-order valence-corrected chi connectivity index (χ3v) is 5.20. The van der Waals surface area contributed by atoms with Crippen molar-refractivity contribution < 1.29 is 9.53 Å². The quantitative estimate of drug-likeness (QED) is 0.815. The van der Waals surface area contributed by atoms with E-state index in [1.54, 1.807) is 0 Å². The Morgan fingerprint density at radius 2 is 2.05 bits per heavy atom. The van der Waals surface area contributed by atoms with Gasteiger partial charge in [0.2, 0.25) is 0 Å². The minimum Gasteiger partial charge on any atom is -0.493 e. The SMILES string of the molecule is CC1(C)CCC(C(=O)Cc2cc(Cl)cc3c2OCC3)CC1. The van der Waals surface area contributed by atoms with Gasteiger partial charge in [-0.15, -0.1) is 0 Å². The van der Waals surface area contributed by atoms with Gasteiger partial charge >= 0.3 is 0 Å². The van der Waals surface area contributed by atoms with E-state index in [0.29, 0.717) is 29.2 Å². The minimum absolute atomic E-state index is 0.217. The minimum atomic E-state index is 0.217. The largest absolute Gasteiger partial charge is 0.493 e. The number of halogens is 1. The maximum atomic E-state index is 12.6. The van der Waals surface area contributed by atoms with Crippen LogP contribution in [0.3, 0.4) is 0 Å². The fourth-order valence-corrected chi connectivity index (χ4v) is 3.79. The number of benzene rings is 1. The summed E-state index contributed by atoms with van der Waals surface area (Å²) in [6, 6.07) is 3.86. The summed E-state index contributed by atoms with van der Waals surface area (Å²) < 4.78 is 5.70. The Balaban J connectivity index is 1.71. The number of Topliss-reactive ketones (excluding diaryl/α,β-unsaturated/α-hetero) is 1. The van der Waals surface area contributed by atoms with E-state index in [2.05, 4.69) is 13.8 Å².